The van der Waals surface area contributed by atoms with Gasteiger partial charge in [0.05, 0.1) is 12.5 Å². The fourth-order valence-electron chi connectivity index (χ4n) is 1.62. The Morgan fingerprint density at radius 2 is 2.07 bits per heavy atom. The number of rotatable bonds is 5. The van der Waals surface area contributed by atoms with Gasteiger partial charge in [0, 0.05) is 6.54 Å². The molecule has 1 fully saturated rings. The lowest BCUT2D eigenvalue weighted by molar-refractivity contribution is -0.138. The Morgan fingerprint density at radius 3 is 2.64 bits per heavy atom. The molecule has 1 heterocycles. The summed E-state index contributed by atoms with van der Waals surface area (Å²) in [6.07, 6.45) is 2.14. The first-order valence-corrected chi connectivity index (χ1v) is 5.28. The summed E-state index contributed by atoms with van der Waals surface area (Å²) in [7, 11) is 0. The monoisotopic (exact) mass is 198 g/mol. The van der Waals surface area contributed by atoms with Gasteiger partial charge in [-0.15, -0.1) is 0 Å². The third-order valence-electron chi connectivity index (χ3n) is 2.33. The normalized spacial score (nSPS) is 22.1. The minimum atomic E-state index is -0.269. The standard InChI is InChI=1S/C10H18N2O2/c1-3-5-11-8-7-9(13)12(6-4-2)10(8)14/h8,11H,3-7H2,1-2H3. The van der Waals surface area contributed by atoms with Crippen LogP contribution in [0.5, 0.6) is 0 Å². The molecule has 1 aliphatic heterocycles. The van der Waals surface area contributed by atoms with Crippen LogP contribution < -0.4 is 5.32 Å². The van der Waals surface area contributed by atoms with Crippen LogP contribution in [0.2, 0.25) is 0 Å². The molecule has 14 heavy (non-hydrogen) atoms. The van der Waals surface area contributed by atoms with E-state index in [0.717, 1.165) is 19.4 Å². The molecule has 0 bridgehead atoms. The van der Waals surface area contributed by atoms with Crippen LogP contribution >= 0.6 is 0 Å². The van der Waals surface area contributed by atoms with Crippen LogP contribution in [0, 0.1) is 0 Å². The van der Waals surface area contributed by atoms with Crippen LogP contribution in [0.1, 0.15) is 33.1 Å². The summed E-state index contributed by atoms with van der Waals surface area (Å²) in [6.45, 7) is 5.36. The van der Waals surface area contributed by atoms with Crippen LogP contribution in [0.25, 0.3) is 0 Å². The Bertz CT molecular complexity index is 228. The van der Waals surface area contributed by atoms with Gasteiger partial charge in [-0.1, -0.05) is 13.8 Å². The molecule has 80 valence electrons. The van der Waals surface area contributed by atoms with Gasteiger partial charge in [0.25, 0.3) is 0 Å². The minimum absolute atomic E-state index is 0.0366. The van der Waals surface area contributed by atoms with Crippen LogP contribution in [-0.2, 0) is 9.59 Å². The van der Waals surface area contributed by atoms with E-state index in [-0.39, 0.29) is 17.9 Å². The first kappa shape index (κ1) is 11.2. The number of likely N-dealkylation sites (tertiary alicyclic amines) is 1. The highest BCUT2D eigenvalue weighted by atomic mass is 16.2. The largest absolute Gasteiger partial charge is 0.305 e. The number of hydrogen-bond donors (Lipinski definition) is 1. The number of hydrogen-bond acceptors (Lipinski definition) is 3. The van der Waals surface area contributed by atoms with Crippen molar-refractivity contribution in [1.29, 1.82) is 0 Å². The minimum Gasteiger partial charge on any atom is -0.305 e. The van der Waals surface area contributed by atoms with Gasteiger partial charge in [-0.25, -0.2) is 0 Å². The summed E-state index contributed by atoms with van der Waals surface area (Å²) in [6, 6.07) is -0.269. The van der Waals surface area contributed by atoms with Crippen LogP contribution in [0.3, 0.4) is 0 Å². The molecule has 0 aromatic heterocycles. The predicted molar refractivity (Wildman–Crippen MR) is 53.7 cm³/mol. The van der Waals surface area contributed by atoms with Crippen molar-refractivity contribution in [3.8, 4) is 0 Å². The Labute approximate surface area is 84.7 Å². The molecular weight excluding hydrogens is 180 g/mol. The zero-order valence-electron chi connectivity index (χ0n) is 8.88. The topological polar surface area (TPSA) is 49.4 Å². The molecular formula is C10H18N2O2. The van der Waals surface area contributed by atoms with Crippen LogP contribution in [-0.4, -0.2) is 35.8 Å². The maximum Gasteiger partial charge on any atom is 0.246 e. The Hall–Kier alpha value is -0.900. The smallest absolute Gasteiger partial charge is 0.246 e. The fraction of sp³-hybridized carbons (Fsp3) is 0.800. The second-order valence-corrected chi connectivity index (χ2v) is 3.59. The molecule has 4 nitrogen and oxygen atoms in total. The second-order valence-electron chi connectivity index (χ2n) is 3.59. The van der Waals surface area contributed by atoms with Gasteiger partial charge in [-0.05, 0) is 19.4 Å². The van der Waals surface area contributed by atoms with E-state index in [9.17, 15) is 9.59 Å². The van der Waals surface area contributed by atoms with Gasteiger partial charge >= 0.3 is 0 Å². The van der Waals surface area contributed by atoms with Gasteiger partial charge in [-0.3, -0.25) is 14.5 Å². The van der Waals surface area contributed by atoms with E-state index in [0.29, 0.717) is 13.0 Å². The molecule has 1 unspecified atom stereocenters. The number of amides is 2. The third-order valence-corrected chi connectivity index (χ3v) is 2.33. The molecule has 0 spiro atoms. The van der Waals surface area contributed by atoms with Crippen molar-refractivity contribution >= 4 is 11.8 Å². The molecule has 0 saturated carbocycles. The highest BCUT2D eigenvalue weighted by Crippen LogP contribution is 2.13. The average Bonchev–Trinajstić information content (AvgIpc) is 2.43. The third kappa shape index (κ3) is 2.32. The maximum absolute atomic E-state index is 11.7. The van der Waals surface area contributed by atoms with Crippen molar-refractivity contribution in [2.45, 2.75) is 39.2 Å². The van der Waals surface area contributed by atoms with Crippen LogP contribution in [0.4, 0.5) is 0 Å². The van der Waals surface area contributed by atoms with E-state index in [1.165, 1.54) is 4.90 Å². The van der Waals surface area contributed by atoms with Crippen molar-refractivity contribution in [2.75, 3.05) is 13.1 Å². The first-order valence-electron chi connectivity index (χ1n) is 5.28. The highest BCUT2D eigenvalue weighted by molar-refractivity contribution is 6.05. The molecule has 0 aliphatic carbocycles. The van der Waals surface area contributed by atoms with Crippen LogP contribution in [0.15, 0.2) is 0 Å². The molecule has 0 aromatic rings. The molecule has 1 saturated heterocycles. The van der Waals surface area contributed by atoms with E-state index in [1.54, 1.807) is 0 Å². The van der Waals surface area contributed by atoms with Gasteiger partial charge in [-0.2, -0.15) is 0 Å². The van der Waals surface area contributed by atoms with E-state index < -0.39 is 0 Å². The van der Waals surface area contributed by atoms with E-state index >= 15 is 0 Å². The van der Waals surface area contributed by atoms with Crippen molar-refractivity contribution < 1.29 is 9.59 Å². The summed E-state index contributed by atoms with van der Waals surface area (Å²) in [4.78, 5) is 24.4. The fourth-order valence-corrected chi connectivity index (χ4v) is 1.62. The number of imide groups is 1. The lowest BCUT2D eigenvalue weighted by atomic mass is 10.2. The summed E-state index contributed by atoms with van der Waals surface area (Å²) in [5.41, 5.74) is 0. The number of nitrogens with one attached hydrogen (secondary N) is 1. The first-order chi connectivity index (χ1) is 6.70. The van der Waals surface area contributed by atoms with Gasteiger partial charge < -0.3 is 5.32 Å². The van der Waals surface area contributed by atoms with Crippen molar-refractivity contribution in [3.05, 3.63) is 0 Å². The van der Waals surface area contributed by atoms with Crippen molar-refractivity contribution in [2.24, 2.45) is 0 Å². The lowest BCUT2D eigenvalue weighted by Gasteiger charge is -2.13. The summed E-state index contributed by atoms with van der Waals surface area (Å²) in [5, 5.41) is 3.09. The Balaban J connectivity index is 2.51. The predicted octanol–water partition coefficient (Wildman–Crippen LogP) is 0.523. The molecule has 4 heteroatoms. The molecule has 1 rings (SSSR count). The summed E-state index contributed by atoms with van der Waals surface area (Å²) < 4.78 is 0. The number of carbonyl (C=O) groups is 2. The van der Waals surface area contributed by atoms with Gasteiger partial charge in [0.1, 0.15) is 0 Å². The highest BCUT2D eigenvalue weighted by Gasteiger charge is 2.37. The summed E-state index contributed by atoms with van der Waals surface area (Å²) in [5.74, 6) is -0.0873. The SMILES string of the molecule is CCCNC1CC(=O)N(CCC)C1=O. The zero-order chi connectivity index (χ0) is 10.6. The quantitative estimate of drug-likeness (QED) is 0.655. The molecule has 0 radical (unpaired) electrons. The van der Waals surface area contributed by atoms with Gasteiger partial charge in [0.15, 0.2) is 0 Å². The molecule has 1 aliphatic rings. The van der Waals surface area contributed by atoms with Crippen molar-refractivity contribution in [1.82, 2.24) is 10.2 Å². The lowest BCUT2D eigenvalue weighted by Crippen LogP contribution is -2.39. The average molecular weight is 198 g/mol. The zero-order valence-corrected chi connectivity index (χ0v) is 8.88. The van der Waals surface area contributed by atoms with Crippen molar-refractivity contribution in [3.63, 3.8) is 0 Å². The molecule has 0 aromatic carbocycles. The maximum atomic E-state index is 11.7. The second kappa shape index (κ2) is 5.10. The molecule has 2 amide bonds. The van der Waals surface area contributed by atoms with E-state index in [2.05, 4.69) is 5.32 Å². The Kier molecular flexibility index (Phi) is 4.07. The molecule has 1 atom stereocenters. The number of nitrogens with zero attached hydrogens (tertiary/aromatic N) is 1. The van der Waals surface area contributed by atoms with E-state index in [1.807, 2.05) is 13.8 Å². The Morgan fingerprint density at radius 1 is 1.36 bits per heavy atom. The summed E-state index contributed by atoms with van der Waals surface area (Å²) >= 11 is 0. The molecule has 1 N–H and O–H groups in total. The van der Waals surface area contributed by atoms with Gasteiger partial charge in [0.2, 0.25) is 11.8 Å². The van der Waals surface area contributed by atoms with E-state index in [4.69, 9.17) is 0 Å². The number of carbonyl (C=O) groups excluding carboxylic acids is 2.